The highest BCUT2D eigenvalue weighted by Crippen LogP contribution is 2.47. The van der Waals surface area contributed by atoms with Crippen molar-refractivity contribution >= 4 is 51.9 Å². The average molecular weight is 775 g/mol. The second kappa shape index (κ2) is 18.2. The Hall–Kier alpha value is -5.48. The van der Waals surface area contributed by atoms with E-state index >= 15 is 0 Å². The number of amides is 1. The van der Waals surface area contributed by atoms with E-state index in [-0.39, 0.29) is 26.2 Å². The number of H-pyrrole nitrogens is 1. The summed E-state index contributed by atoms with van der Waals surface area (Å²) in [4.78, 5) is 37.2. The lowest BCUT2D eigenvalue weighted by Gasteiger charge is -2.26. The highest BCUT2D eigenvalue weighted by Gasteiger charge is 2.32. The molecule has 0 bridgehead atoms. The molecule has 1 amide bonds. The Balaban J connectivity index is 0.00000123. The van der Waals surface area contributed by atoms with E-state index in [1.807, 2.05) is 62.4 Å². The first kappa shape index (κ1) is 41.2. The number of likely N-dealkylation sites (N-methyl/N-ethyl adjacent to an activating group) is 1. The van der Waals surface area contributed by atoms with Crippen molar-refractivity contribution in [3.05, 3.63) is 94.2 Å². The number of ketones is 1. The number of nitrogens with zero attached hydrogens (tertiary/aromatic N) is 3. The fourth-order valence-corrected chi connectivity index (χ4v) is 8.01. The summed E-state index contributed by atoms with van der Waals surface area (Å²) >= 11 is 0. The van der Waals surface area contributed by atoms with Gasteiger partial charge in [-0.15, -0.1) is 0 Å². The quantitative estimate of drug-likeness (QED) is 0.0658. The van der Waals surface area contributed by atoms with E-state index in [0.717, 1.165) is 69.3 Å². The van der Waals surface area contributed by atoms with Gasteiger partial charge in [0.15, 0.2) is 5.78 Å². The number of aromatic nitrogens is 3. The van der Waals surface area contributed by atoms with E-state index in [0.29, 0.717) is 48.5 Å². The van der Waals surface area contributed by atoms with Gasteiger partial charge in [-0.3, -0.25) is 9.59 Å². The van der Waals surface area contributed by atoms with Crippen LogP contribution in [0.4, 0.5) is 5.95 Å². The molecule has 0 saturated heterocycles. The fraction of sp³-hybridized carbons (Fsp3) is 0.404. The lowest BCUT2D eigenvalue weighted by atomic mass is 9.81. The third kappa shape index (κ3) is 8.91. The highest BCUT2D eigenvalue weighted by atomic mass is 16.5. The number of aromatic amines is 1. The Kier molecular flexibility index (Phi) is 13.1. The SMILES string of the molecule is CC(C)C.CCN(C[C@@H](C)OC)C(=O)/C(C=N)=C(/Nc1nc2ccccc2[nH]1)C1=Cc2cc(OC)ccc2-c2c(C3CCCCC3)c3ccc(C(C)=O)cc3n2C1.[HH].[HH]. The Bertz CT molecular complexity index is 2300. The first-order chi connectivity index (χ1) is 27.5. The number of methoxy groups -OCH3 is 2. The molecule has 3 aromatic carbocycles. The smallest absolute Gasteiger partial charge is 0.257 e. The number of benzene rings is 3. The van der Waals surface area contributed by atoms with E-state index in [1.165, 1.54) is 24.8 Å². The van der Waals surface area contributed by atoms with E-state index in [1.54, 1.807) is 26.0 Å². The molecule has 2 aliphatic rings. The number of carbonyl (C=O) groups is 2. The number of ether oxygens (including phenoxy) is 2. The molecule has 1 aliphatic heterocycles. The minimum absolute atomic E-state index is 0. The molecule has 3 heterocycles. The van der Waals surface area contributed by atoms with Crippen molar-refractivity contribution in [3.63, 3.8) is 0 Å². The summed E-state index contributed by atoms with van der Waals surface area (Å²) in [5, 5.41) is 13.4. The molecule has 3 N–H and O–H groups in total. The maximum absolute atomic E-state index is 14.5. The zero-order valence-electron chi connectivity index (χ0n) is 34.8. The van der Waals surface area contributed by atoms with Gasteiger partial charge in [0.2, 0.25) is 5.95 Å². The second-order valence-corrected chi connectivity index (χ2v) is 15.9. The van der Waals surface area contributed by atoms with Crippen molar-refractivity contribution in [1.82, 2.24) is 19.4 Å². The number of fused-ring (bicyclic) bond motifs is 6. The molecule has 7 rings (SSSR count). The molecule has 10 heteroatoms. The molecule has 1 aliphatic carbocycles. The van der Waals surface area contributed by atoms with Gasteiger partial charge in [-0.2, -0.15) is 0 Å². The van der Waals surface area contributed by atoms with Gasteiger partial charge < -0.3 is 34.7 Å². The predicted octanol–water partition coefficient (Wildman–Crippen LogP) is 10.9. The van der Waals surface area contributed by atoms with Crippen molar-refractivity contribution < 1.29 is 21.9 Å². The van der Waals surface area contributed by atoms with E-state index in [4.69, 9.17) is 19.9 Å². The van der Waals surface area contributed by atoms with Crippen LogP contribution in [0.3, 0.4) is 0 Å². The number of allylic oxidation sites excluding steroid dienone is 1. The van der Waals surface area contributed by atoms with E-state index in [9.17, 15) is 9.59 Å². The summed E-state index contributed by atoms with van der Waals surface area (Å²) in [6, 6.07) is 20.0. The van der Waals surface area contributed by atoms with Crippen LogP contribution in [0.15, 0.2) is 77.5 Å². The summed E-state index contributed by atoms with van der Waals surface area (Å²) in [6.45, 7) is 13.1. The summed E-state index contributed by atoms with van der Waals surface area (Å²) in [5.74, 6) is 2.08. The molecular weight excluding hydrogens is 713 g/mol. The van der Waals surface area contributed by atoms with Gasteiger partial charge in [0.1, 0.15) is 5.75 Å². The van der Waals surface area contributed by atoms with Gasteiger partial charge in [-0.25, -0.2) is 4.98 Å². The summed E-state index contributed by atoms with van der Waals surface area (Å²) < 4.78 is 13.6. The minimum Gasteiger partial charge on any atom is -0.497 e. The fourth-order valence-electron chi connectivity index (χ4n) is 8.01. The average Bonchev–Trinajstić information content (AvgIpc) is 3.72. The maximum Gasteiger partial charge on any atom is 0.257 e. The second-order valence-electron chi connectivity index (χ2n) is 15.9. The molecule has 0 spiro atoms. The van der Waals surface area contributed by atoms with Crippen LogP contribution in [0, 0.1) is 11.3 Å². The zero-order chi connectivity index (χ0) is 40.8. The van der Waals surface area contributed by atoms with Crippen LogP contribution in [0.1, 0.15) is 104 Å². The van der Waals surface area contributed by atoms with Crippen LogP contribution in [0.5, 0.6) is 5.75 Å². The molecular formula is C47H62N6O4. The van der Waals surface area contributed by atoms with Crippen molar-refractivity contribution in [3.8, 4) is 17.0 Å². The van der Waals surface area contributed by atoms with E-state index in [2.05, 4.69) is 53.8 Å². The number of rotatable bonds is 12. The van der Waals surface area contributed by atoms with Gasteiger partial charge >= 0.3 is 0 Å². The van der Waals surface area contributed by atoms with Gasteiger partial charge in [0, 0.05) is 51.3 Å². The summed E-state index contributed by atoms with van der Waals surface area (Å²) in [7, 11) is 3.29. The third-order valence-corrected chi connectivity index (χ3v) is 10.8. The largest absolute Gasteiger partial charge is 0.497 e. The molecule has 1 fully saturated rings. The van der Waals surface area contributed by atoms with Crippen LogP contribution < -0.4 is 10.1 Å². The monoisotopic (exact) mass is 774 g/mol. The Morgan fingerprint density at radius 1 is 1.05 bits per heavy atom. The number of anilines is 1. The molecule has 304 valence electrons. The molecule has 0 unspecified atom stereocenters. The van der Waals surface area contributed by atoms with Crippen molar-refractivity contribution in [2.75, 3.05) is 32.6 Å². The van der Waals surface area contributed by atoms with Gasteiger partial charge in [-0.1, -0.05) is 64.3 Å². The Morgan fingerprint density at radius 2 is 1.79 bits per heavy atom. The summed E-state index contributed by atoms with van der Waals surface area (Å²) in [6.07, 6.45) is 8.84. The van der Waals surface area contributed by atoms with E-state index < -0.39 is 0 Å². The van der Waals surface area contributed by atoms with Crippen molar-refractivity contribution in [2.24, 2.45) is 5.92 Å². The first-order valence-corrected chi connectivity index (χ1v) is 20.3. The normalized spacial score (nSPS) is 15.1. The van der Waals surface area contributed by atoms with Gasteiger partial charge in [0.25, 0.3) is 5.91 Å². The molecule has 1 saturated carbocycles. The standard InChI is InChI=1S/C43H48N6O4.C4H10.2H2/c1-6-48(24-26(2)52-4)42(51)35(23-44)40(47-43-45-36-14-10-11-15-37(36)46-43)31-20-30-21-32(53-5)17-19-33(30)41-39(28-12-8-7-9-13-28)34-18-16-29(27(3)50)22-38(34)49(41)25-31;1-4(2)3;;/h10-11,14-23,26,28,44H,6-9,12-13,24-25H2,1-5H3,(H2,45,46,47);4H,1-3H3;2*1H/b40-35+,44-23?;;;/t26-;;;/m1.../s1. The predicted molar refractivity (Wildman–Crippen MR) is 237 cm³/mol. The number of para-hydroxylation sites is 2. The van der Waals surface area contributed by atoms with Crippen LogP contribution in [0.2, 0.25) is 0 Å². The van der Waals surface area contributed by atoms with Crippen LogP contribution >= 0.6 is 0 Å². The molecule has 5 aromatic rings. The number of Topliss-reactive ketones (excluding diaryl/α,β-unsaturated/α-hetero) is 1. The number of hydrogen-bond acceptors (Lipinski definition) is 7. The molecule has 10 nitrogen and oxygen atoms in total. The lowest BCUT2D eigenvalue weighted by molar-refractivity contribution is -0.127. The summed E-state index contributed by atoms with van der Waals surface area (Å²) in [5.41, 5.74) is 9.10. The van der Waals surface area contributed by atoms with Gasteiger partial charge in [0.05, 0.1) is 47.8 Å². The topological polar surface area (TPSA) is 125 Å². The number of nitrogens with one attached hydrogen (secondary N) is 3. The van der Waals surface area contributed by atoms with Gasteiger partial charge in [-0.05, 0) is 105 Å². The Morgan fingerprint density at radius 3 is 2.44 bits per heavy atom. The van der Waals surface area contributed by atoms with Crippen molar-refractivity contribution in [1.29, 1.82) is 5.41 Å². The first-order valence-electron chi connectivity index (χ1n) is 20.3. The number of hydrogen-bond donors (Lipinski definition) is 3. The zero-order valence-corrected chi connectivity index (χ0v) is 34.8. The van der Waals surface area contributed by atoms with Crippen LogP contribution in [0.25, 0.3) is 39.3 Å². The van der Waals surface area contributed by atoms with Crippen molar-refractivity contribution in [2.45, 2.75) is 92.2 Å². The Labute approximate surface area is 339 Å². The molecule has 57 heavy (non-hydrogen) atoms. The molecule has 1 atom stereocenters. The molecule has 0 radical (unpaired) electrons. The maximum atomic E-state index is 14.5. The number of carbonyl (C=O) groups excluding carboxylic acids is 2. The molecule has 2 aromatic heterocycles. The number of imidazole rings is 1. The third-order valence-electron chi connectivity index (χ3n) is 10.8. The minimum atomic E-state index is -0.291. The van der Waals surface area contributed by atoms with Crippen LogP contribution in [-0.2, 0) is 16.1 Å². The highest BCUT2D eigenvalue weighted by molar-refractivity contribution is 6.13. The van der Waals surface area contributed by atoms with Crippen LogP contribution in [-0.4, -0.2) is 70.8 Å². The lowest BCUT2D eigenvalue weighted by Crippen LogP contribution is -2.39.